The average Bonchev–Trinajstić information content (AvgIpc) is 1.89. The largest absolute Gasteiger partial charge is 0.392 e. The monoisotopic (exact) mass is 140 g/mol. The summed E-state index contributed by atoms with van der Waals surface area (Å²) in [5.41, 5.74) is 2.87. The second-order valence-electron chi connectivity index (χ2n) is 1.56. The average molecular weight is 140 g/mol. The fourth-order valence-electron chi connectivity index (χ4n) is 0.408. The van der Waals surface area contributed by atoms with Gasteiger partial charge in [0.2, 0.25) is 0 Å². The maximum Gasteiger partial charge on any atom is 0.349 e. The Morgan fingerprint density at radius 3 is 2.60 bits per heavy atom. The molecule has 0 spiro atoms. The minimum Gasteiger partial charge on any atom is -0.392 e. The van der Waals surface area contributed by atoms with Crippen LogP contribution in [0, 0.1) is 0 Å². The van der Waals surface area contributed by atoms with Crippen molar-refractivity contribution in [3.8, 4) is 0 Å². The molecule has 3 nitrogen and oxygen atoms in total. The van der Waals surface area contributed by atoms with Gasteiger partial charge in [0.05, 0.1) is 5.57 Å². The third kappa shape index (κ3) is 2.84. The van der Waals surface area contributed by atoms with E-state index in [1.54, 1.807) is 13.0 Å². The van der Waals surface area contributed by atoms with Gasteiger partial charge in [0, 0.05) is 0 Å². The Balaban J connectivity index is 4.21. The van der Waals surface area contributed by atoms with E-state index in [4.69, 9.17) is 0 Å². The first kappa shape index (κ1) is 8.66. The maximum absolute atomic E-state index is 10.6. The van der Waals surface area contributed by atoms with Crippen molar-refractivity contribution in [3.63, 3.8) is 0 Å². The van der Waals surface area contributed by atoms with Gasteiger partial charge in [0.1, 0.15) is 0 Å². The highest BCUT2D eigenvalue weighted by atomic mass is 16.6. The molecule has 0 aliphatic carbocycles. The second-order valence-corrected chi connectivity index (χ2v) is 1.56. The van der Waals surface area contributed by atoms with E-state index in [-0.39, 0.29) is 12.0 Å². The second kappa shape index (κ2) is 4.53. The molecule has 0 aromatic heterocycles. The van der Waals surface area contributed by atoms with Crippen molar-refractivity contribution in [2.24, 2.45) is 0 Å². The number of hydrogen-bond acceptors (Lipinski definition) is 3. The molecule has 0 aliphatic heterocycles. The zero-order valence-electron chi connectivity index (χ0n) is 5.88. The van der Waals surface area contributed by atoms with Crippen molar-refractivity contribution >= 4 is 12.4 Å². The lowest BCUT2D eigenvalue weighted by Gasteiger charge is -1.90. The summed E-state index contributed by atoms with van der Waals surface area (Å²) in [4.78, 5) is 20.2. The van der Waals surface area contributed by atoms with Gasteiger partial charge in [-0.2, -0.15) is 0 Å². The van der Waals surface area contributed by atoms with Crippen LogP contribution in [0.1, 0.15) is 13.8 Å². The minimum absolute atomic E-state index is 0.100. The highest BCUT2D eigenvalue weighted by Gasteiger charge is 2.01. The molecule has 0 aromatic rings. The predicted molar refractivity (Wildman–Crippen MR) is 35.1 cm³/mol. The lowest BCUT2D eigenvalue weighted by atomic mass is 10.3. The van der Waals surface area contributed by atoms with Crippen LogP contribution in [-0.4, -0.2) is 12.4 Å². The first-order valence-corrected chi connectivity index (χ1v) is 2.75. The minimum atomic E-state index is -0.659. The normalized spacial score (nSPS) is 7.40. The molecule has 0 bridgehead atoms. The summed E-state index contributed by atoms with van der Waals surface area (Å²) in [6.45, 7) is 3.34. The van der Waals surface area contributed by atoms with E-state index < -0.39 is 5.97 Å². The third-order valence-corrected chi connectivity index (χ3v) is 0.822. The quantitative estimate of drug-likeness (QED) is 0.187. The Labute approximate surface area is 59.0 Å². The smallest absolute Gasteiger partial charge is 0.349 e. The molecule has 0 heterocycles. The topological polar surface area (TPSA) is 43.4 Å². The third-order valence-electron chi connectivity index (χ3n) is 0.822. The molecular formula is C7H8O3. The van der Waals surface area contributed by atoms with Crippen molar-refractivity contribution < 1.29 is 14.3 Å². The Morgan fingerprint density at radius 1 is 1.60 bits per heavy atom. The molecule has 0 fully saturated rings. The van der Waals surface area contributed by atoms with E-state index in [2.05, 4.69) is 10.5 Å². The van der Waals surface area contributed by atoms with Crippen molar-refractivity contribution in [2.45, 2.75) is 13.8 Å². The van der Waals surface area contributed by atoms with Crippen LogP contribution < -0.4 is 0 Å². The Morgan fingerprint density at radius 2 is 2.20 bits per heavy atom. The fourth-order valence-corrected chi connectivity index (χ4v) is 0.408. The Hall–Kier alpha value is -1.34. The van der Waals surface area contributed by atoms with E-state index in [1.807, 2.05) is 0 Å². The number of rotatable bonds is 2. The fraction of sp³-hybridized carbons (Fsp3) is 0.286. The van der Waals surface area contributed by atoms with Crippen molar-refractivity contribution in [1.82, 2.24) is 0 Å². The summed E-state index contributed by atoms with van der Waals surface area (Å²) in [5.74, 6) is -0.659. The predicted octanol–water partition coefficient (Wildman–Crippen LogP) is 0.807. The molecule has 3 heteroatoms. The number of ether oxygens (including phenoxy) is 1. The zero-order chi connectivity index (χ0) is 7.98. The van der Waals surface area contributed by atoms with Gasteiger partial charge in [0.25, 0.3) is 0 Å². The van der Waals surface area contributed by atoms with Crippen LogP contribution in [0.15, 0.2) is 17.4 Å². The highest BCUT2D eigenvalue weighted by Crippen LogP contribution is 1.91. The molecule has 0 aromatic carbocycles. The summed E-state index contributed by atoms with van der Waals surface area (Å²) < 4.78 is 4.02. The molecule has 0 saturated carbocycles. The van der Waals surface area contributed by atoms with E-state index >= 15 is 0 Å². The van der Waals surface area contributed by atoms with Crippen LogP contribution in [0.25, 0.3) is 0 Å². The molecule has 0 aliphatic rings. The maximum atomic E-state index is 10.6. The zero-order valence-corrected chi connectivity index (χ0v) is 5.88. The van der Waals surface area contributed by atoms with Gasteiger partial charge in [-0.15, -0.1) is 5.73 Å². The van der Waals surface area contributed by atoms with Gasteiger partial charge in [-0.05, 0) is 19.9 Å². The van der Waals surface area contributed by atoms with Gasteiger partial charge in [-0.3, -0.25) is 4.79 Å². The van der Waals surface area contributed by atoms with Gasteiger partial charge in [-0.25, -0.2) is 4.79 Å². The molecule has 0 radical (unpaired) electrons. The first-order chi connectivity index (χ1) is 4.72. The number of carbonyl (C=O) groups is 2. The molecule has 0 saturated heterocycles. The number of esters is 1. The van der Waals surface area contributed by atoms with Crippen LogP contribution >= 0.6 is 0 Å². The molecule has 0 N–H and O–H groups in total. The van der Waals surface area contributed by atoms with Crippen LogP contribution in [0.2, 0.25) is 0 Å². The molecule has 0 amide bonds. The van der Waals surface area contributed by atoms with Crippen LogP contribution in [-0.2, 0) is 14.3 Å². The van der Waals surface area contributed by atoms with Crippen molar-refractivity contribution in [2.75, 3.05) is 0 Å². The van der Waals surface area contributed by atoms with Crippen molar-refractivity contribution in [1.29, 1.82) is 0 Å². The van der Waals surface area contributed by atoms with E-state index in [0.717, 1.165) is 0 Å². The molecular weight excluding hydrogens is 132 g/mol. The lowest BCUT2D eigenvalue weighted by Crippen LogP contribution is -2.02. The number of hydrogen-bond donors (Lipinski definition) is 0. The standard InChI is InChI=1S/C7H8O3/c1-3-4-6(2)7(9)10-5-8/h3,5H,1-2H3. The molecule has 0 rings (SSSR count). The molecule has 0 unspecified atom stereocenters. The van der Waals surface area contributed by atoms with Gasteiger partial charge < -0.3 is 4.74 Å². The SMILES string of the molecule is CC=C=C(C)C(=O)OC=O. The summed E-state index contributed by atoms with van der Waals surface area (Å²) in [7, 11) is 0. The summed E-state index contributed by atoms with van der Waals surface area (Å²) in [5, 5.41) is 0. The lowest BCUT2D eigenvalue weighted by molar-refractivity contribution is -0.148. The summed E-state index contributed by atoms with van der Waals surface area (Å²) in [6.07, 6.45) is 1.57. The van der Waals surface area contributed by atoms with E-state index in [0.29, 0.717) is 0 Å². The van der Waals surface area contributed by atoms with E-state index in [9.17, 15) is 9.59 Å². The Bertz CT molecular complexity index is 197. The van der Waals surface area contributed by atoms with Gasteiger partial charge in [0.15, 0.2) is 0 Å². The summed E-state index contributed by atoms with van der Waals surface area (Å²) in [6, 6.07) is 0. The van der Waals surface area contributed by atoms with Gasteiger partial charge in [-0.1, -0.05) is 0 Å². The molecule has 10 heavy (non-hydrogen) atoms. The summed E-state index contributed by atoms with van der Waals surface area (Å²) >= 11 is 0. The van der Waals surface area contributed by atoms with Gasteiger partial charge >= 0.3 is 12.4 Å². The van der Waals surface area contributed by atoms with Crippen LogP contribution in [0.3, 0.4) is 0 Å². The van der Waals surface area contributed by atoms with Crippen LogP contribution in [0.4, 0.5) is 0 Å². The van der Waals surface area contributed by atoms with Crippen molar-refractivity contribution in [3.05, 3.63) is 17.4 Å². The Kier molecular flexibility index (Phi) is 3.92. The van der Waals surface area contributed by atoms with Crippen LogP contribution in [0.5, 0.6) is 0 Å². The number of carbonyl (C=O) groups excluding carboxylic acids is 2. The van der Waals surface area contributed by atoms with E-state index in [1.165, 1.54) is 6.92 Å². The first-order valence-electron chi connectivity index (χ1n) is 2.75. The highest BCUT2D eigenvalue weighted by molar-refractivity contribution is 5.91. The molecule has 54 valence electrons. The molecule has 0 atom stereocenters.